The maximum Gasteiger partial charge on any atom is 0.410 e. The molecule has 0 aromatic carbocycles. The number of hydrogen-bond donors (Lipinski definition) is 1. The number of carboxylic acids is 1. The highest BCUT2D eigenvalue weighted by Gasteiger charge is 2.35. The molecule has 1 rings (SSSR count). The summed E-state index contributed by atoms with van der Waals surface area (Å²) in [5.41, 5.74) is 0. The van der Waals surface area contributed by atoms with Crippen LogP contribution < -0.4 is 0 Å². The first-order valence-electron chi connectivity index (χ1n) is 5.62. The monoisotopic (exact) mass is 229 g/mol. The first-order chi connectivity index (χ1) is 7.41. The summed E-state index contributed by atoms with van der Waals surface area (Å²) in [5.74, 6) is -0.614. The molecule has 5 nitrogen and oxygen atoms in total. The molecule has 1 N–H and O–H groups in total. The third-order valence-corrected chi connectivity index (χ3v) is 2.72. The fourth-order valence-electron chi connectivity index (χ4n) is 1.86. The molecule has 1 fully saturated rings. The van der Waals surface area contributed by atoms with Gasteiger partial charge in [0, 0.05) is 6.54 Å². The molecule has 1 saturated heterocycles. The van der Waals surface area contributed by atoms with Gasteiger partial charge in [-0.15, -0.1) is 0 Å². The lowest BCUT2D eigenvalue weighted by Crippen LogP contribution is -2.50. The van der Waals surface area contributed by atoms with Gasteiger partial charge in [0.2, 0.25) is 0 Å². The molecule has 0 spiro atoms. The summed E-state index contributed by atoms with van der Waals surface area (Å²) in [6, 6.07) is -0.741. The fourth-order valence-corrected chi connectivity index (χ4v) is 1.86. The maximum atomic E-state index is 11.7. The van der Waals surface area contributed by atoms with Crippen LogP contribution in [0.1, 0.15) is 33.6 Å². The third kappa shape index (κ3) is 3.12. The van der Waals surface area contributed by atoms with Gasteiger partial charge in [-0.25, -0.2) is 9.59 Å². The highest BCUT2D eigenvalue weighted by molar-refractivity contribution is 5.80. The molecule has 1 amide bonds. The number of ether oxygens (including phenoxy) is 1. The second-order valence-corrected chi connectivity index (χ2v) is 4.61. The van der Waals surface area contributed by atoms with Crippen molar-refractivity contribution in [2.45, 2.75) is 45.8 Å². The van der Waals surface area contributed by atoms with Crippen LogP contribution >= 0.6 is 0 Å². The number of piperidine rings is 1. The number of rotatable bonds is 2. The van der Waals surface area contributed by atoms with E-state index >= 15 is 0 Å². The van der Waals surface area contributed by atoms with E-state index in [2.05, 4.69) is 0 Å². The standard InChI is InChI=1S/C11H19NO4/c1-7(2)16-11(15)12-5-4-8(3)6-9(12)10(13)14/h7-9H,4-6H2,1-3H3,(H,13,14). The van der Waals surface area contributed by atoms with E-state index in [-0.39, 0.29) is 6.10 Å². The summed E-state index contributed by atoms with van der Waals surface area (Å²) in [6.45, 7) is 5.96. The number of hydrogen-bond acceptors (Lipinski definition) is 3. The van der Waals surface area contributed by atoms with Crippen molar-refractivity contribution in [2.24, 2.45) is 5.92 Å². The van der Waals surface area contributed by atoms with Crippen molar-refractivity contribution in [3.05, 3.63) is 0 Å². The smallest absolute Gasteiger partial charge is 0.410 e. The van der Waals surface area contributed by atoms with Crippen LogP contribution in [-0.2, 0) is 9.53 Å². The largest absolute Gasteiger partial charge is 0.480 e. The Balaban J connectivity index is 2.69. The van der Waals surface area contributed by atoms with Gasteiger partial charge in [-0.2, -0.15) is 0 Å². The van der Waals surface area contributed by atoms with E-state index < -0.39 is 18.1 Å². The first kappa shape index (κ1) is 12.8. The molecule has 0 radical (unpaired) electrons. The molecule has 16 heavy (non-hydrogen) atoms. The summed E-state index contributed by atoms with van der Waals surface area (Å²) in [5, 5.41) is 9.06. The molecule has 2 unspecified atom stereocenters. The Morgan fingerprint density at radius 3 is 2.56 bits per heavy atom. The molecule has 92 valence electrons. The number of aliphatic carboxylic acids is 1. The Hall–Kier alpha value is -1.26. The molecule has 0 aliphatic carbocycles. The molecule has 0 aromatic heterocycles. The second kappa shape index (κ2) is 5.18. The Bertz CT molecular complexity index is 277. The Morgan fingerprint density at radius 1 is 1.44 bits per heavy atom. The zero-order chi connectivity index (χ0) is 12.3. The summed E-state index contributed by atoms with van der Waals surface area (Å²) in [6.07, 6.45) is 0.593. The topological polar surface area (TPSA) is 66.8 Å². The highest BCUT2D eigenvalue weighted by atomic mass is 16.6. The molecule has 1 aliphatic heterocycles. The number of carbonyl (C=O) groups excluding carboxylic acids is 1. The lowest BCUT2D eigenvalue weighted by Gasteiger charge is -2.35. The van der Waals surface area contributed by atoms with E-state index in [4.69, 9.17) is 9.84 Å². The SMILES string of the molecule is CC1CCN(C(=O)OC(C)C)C(C(=O)O)C1. The minimum absolute atomic E-state index is 0.221. The van der Waals surface area contributed by atoms with Gasteiger partial charge in [-0.1, -0.05) is 6.92 Å². The van der Waals surface area contributed by atoms with Crippen LogP contribution in [0.3, 0.4) is 0 Å². The second-order valence-electron chi connectivity index (χ2n) is 4.61. The maximum absolute atomic E-state index is 11.7. The zero-order valence-corrected chi connectivity index (χ0v) is 9.97. The van der Waals surface area contributed by atoms with Gasteiger partial charge in [0.15, 0.2) is 0 Å². The van der Waals surface area contributed by atoms with Crippen molar-refractivity contribution in [3.63, 3.8) is 0 Å². The van der Waals surface area contributed by atoms with Gasteiger partial charge < -0.3 is 9.84 Å². The van der Waals surface area contributed by atoms with Crippen LogP contribution in [0.15, 0.2) is 0 Å². The van der Waals surface area contributed by atoms with Crippen LogP contribution in [0.4, 0.5) is 4.79 Å². The molecule has 0 aromatic rings. The van der Waals surface area contributed by atoms with Gasteiger partial charge in [-0.05, 0) is 32.6 Å². The quantitative estimate of drug-likeness (QED) is 0.782. The minimum Gasteiger partial charge on any atom is -0.480 e. The lowest BCUT2D eigenvalue weighted by atomic mass is 9.93. The van der Waals surface area contributed by atoms with E-state index in [9.17, 15) is 9.59 Å². The summed E-state index contributed by atoms with van der Waals surface area (Å²) < 4.78 is 5.03. The average molecular weight is 229 g/mol. The number of nitrogens with zero attached hydrogens (tertiary/aromatic N) is 1. The van der Waals surface area contributed by atoms with E-state index in [0.29, 0.717) is 18.9 Å². The fraction of sp³-hybridized carbons (Fsp3) is 0.818. The number of carbonyl (C=O) groups is 2. The molecule has 1 heterocycles. The van der Waals surface area contributed by atoms with Crippen molar-refractivity contribution in [3.8, 4) is 0 Å². The number of likely N-dealkylation sites (tertiary alicyclic amines) is 1. The van der Waals surface area contributed by atoms with E-state index in [1.54, 1.807) is 13.8 Å². The predicted octanol–water partition coefficient (Wildman–Crippen LogP) is 1.72. The van der Waals surface area contributed by atoms with Crippen LogP contribution in [-0.4, -0.2) is 40.8 Å². The normalized spacial score (nSPS) is 25.6. The highest BCUT2D eigenvalue weighted by Crippen LogP contribution is 2.23. The third-order valence-electron chi connectivity index (χ3n) is 2.72. The van der Waals surface area contributed by atoms with E-state index in [0.717, 1.165) is 6.42 Å². The minimum atomic E-state index is -0.952. The van der Waals surface area contributed by atoms with Crippen molar-refractivity contribution in [1.29, 1.82) is 0 Å². The summed E-state index contributed by atoms with van der Waals surface area (Å²) in [7, 11) is 0. The van der Waals surface area contributed by atoms with Crippen LogP contribution in [0.2, 0.25) is 0 Å². The number of amides is 1. The van der Waals surface area contributed by atoms with Crippen molar-refractivity contribution >= 4 is 12.1 Å². The molecule has 1 aliphatic rings. The van der Waals surface area contributed by atoms with E-state index in [1.807, 2.05) is 6.92 Å². The van der Waals surface area contributed by atoms with Crippen LogP contribution in [0.5, 0.6) is 0 Å². The number of carboxylic acid groups (broad SMARTS) is 1. The van der Waals surface area contributed by atoms with Crippen molar-refractivity contribution in [2.75, 3.05) is 6.54 Å². The summed E-state index contributed by atoms with van der Waals surface area (Å²) >= 11 is 0. The lowest BCUT2D eigenvalue weighted by molar-refractivity contribution is -0.144. The van der Waals surface area contributed by atoms with Gasteiger partial charge in [-0.3, -0.25) is 4.90 Å². The van der Waals surface area contributed by atoms with Crippen LogP contribution in [0, 0.1) is 5.92 Å². The molecule has 0 bridgehead atoms. The van der Waals surface area contributed by atoms with Gasteiger partial charge in [0.25, 0.3) is 0 Å². The molecular formula is C11H19NO4. The molecule has 0 saturated carbocycles. The Labute approximate surface area is 95.4 Å². The average Bonchev–Trinajstić information content (AvgIpc) is 2.16. The van der Waals surface area contributed by atoms with Gasteiger partial charge in [0.1, 0.15) is 6.04 Å². The summed E-state index contributed by atoms with van der Waals surface area (Å²) in [4.78, 5) is 24.0. The van der Waals surface area contributed by atoms with Gasteiger partial charge >= 0.3 is 12.1 Å². The molecule has 5 heteroatoms. The van der Waals surface area contributed by atoms with Crippen LogP contribution in [0.25, 0.3) is 0 Å². The molecular weight excluding hydrogens is 210 g/mol. The first-order valence-corrected chi connectivity index (χ1v) is 5.62. The molecule has 2 atom stereocenters. The van der Waals surface area contributed by atoms with Gasteiger partial charge in [0.05, 0.1) is 6.10 Å². The van der Waals surface area contributed by atoms with Crippen molar-refractivity contribution in [1.82, 2.24) is 4.90 Å². The van der Waals surface area contributed by atoms with Crippen molar-refractivity contribution < 1.29 is 19.4 Å². The zero-order valence-electron chi connectivity index (χ0n) is 9.97. The predicted molar refractivity (Wildman–Crippen MR) is 58.1 cm³/mol. The Morgan fingerprint density at radius 2 is 2.06 bits per heavy atom. The Kier molecular flexibility index (Phi) is 4.15. The van der Waals surface area contributed by atoms with E-state index in [1.165, 1.54) is 4.90 Å².